The van der Waals surface area contributed by atoms with Crippen molar-refractivity contribution in [1.82, 2.24) is 0 Å². The van der Waals surface area contributed by atoms with E-state index in [9.17, 15) is 19.2 Å². The lowest BCUT2D eigenvalue weighted by Crippen LogP contribution is -2.36. The molecule has 0 aromatic carbocycles. The van der Waals surface area contributed by atoms with Gasteiger partial charge < -0.3 is 19.7 Å². The van der Waals surface area contributed by atoms with Gasteiger partial charge in [0.1, 0.15) is 0 Å². The number of carbonyl (C=O) groups excluding carboxylic acids is 2. The maximum absolute atomic E-state index is 12.2. The van der Waals surface area contributed by atoms with Gasteiger partial charge in [0.2, 0.25) is 0 Å². The lowest BCUT2D eigenvalue weighted by Gasteiger charge is -2.27. The van der Waals surface area contributed by atoms with Crippen LogP contribution in [0.3, 0.4) is 0 Å². The Morgan fingerprint density at radius 2 is 0.882 bits per heavy atom. The van der Waals surface area contributed by atoms with Crippen molar-refractivity contribution in [3.05, 3.63) is 0 Å². The van der Waals surface area contributed by atoms with Gasteiger partial charge in [0.05, 0.1) is 36.9 Å². The number of hydrogen-bond acceptors (Lipinski definition) is 6. The molecule has 0 saturated heterocycles. The molecule has 8 unspecified atom stereocenters. The number of esters is 2. The molecule has 4 saturated carbocycles. The van der Waals surface area contributed by atoms with Crippen LogP contribution in [0.2, 0.25) is 0 Å². The highest BCUT2D eigenvalue weighted by Crippen LogP contribution is 2.64. The number of aliphatic carboxylic acids is 2. The molecule has 8 nitrogen and oxygen atoms in total. The molecule has 0 aromatic heterocycles. The zero-order valence-corrected chi connectivity index (χ0v) is 21.2. The summed E-state index contributed by atoms with van der Waals surface area (Å²) >= 11 is 0. The highest BCUT2D eigenvalue weighted by Gasteiger charge is 2.65. The van der Waals surface area contributed by atoms with Gasteiger partial charge in [0.25, 0.3) is 0 Å². The van der Waals surface area contributed by atoms with Crippen molar-refractivity contribution in [3.63, 3.8) is 0 Å². The fourth-order valence-corrected chi connectivity index (χ4v) is 8.08. The van der Waals surface area contributed by atoms with E-state index in [1.807, 2.05) is 13.8 Å². The van der Waals surface area contributed by atoms with Crippen LogP contribution in [-0.4, -0.2) is 47.3 Å². The Morgan fingerprint density at radius 3 is 1.12 bits per heavy atom. The molecule has 192 valence electrons. The Bertz CT molecular complexity index is 767. The van der Waals surface area contributed by atoms with Crippen LogP contribution >= 0.6 is 0 Å². The molecule has 4 aliphatic carbocycles. The zero-order chi connectivity index (χ0) is 25.6. The van der Waals surface area contributed by atoms with Crippen LogP contribution in [-0.2, 0) is 28.7 Å². The Labute approximate surface area is 201 Å². The first-order valence-electron chi connectivity index (χ1n) is 12.6. The molecule has 8 heteroatoms. The van der Waals surface area contributed by atoms with Crippen LogP contribution in [0.25, 0.3) is 0 Å². The van der Waals surface area contributed by atoms with Crippen molar-refractivity contribution in [2.24, 2.45) is 58.2 Å². The van der Waals surface area contributed by atoms with Gasteiger partial charge in [-0.15, -0.1) is 0 Å². The lowest BCUT2D eigenvalue weighted by molar-refractivity contribution is -0.162. The van der Waals surface area contributed by atoms with E-state index in [0.29, 0.717) is 13.2 Å². The zero-order valence-electron chi connectivity index (χ0n) is 21.2. The van der Waals surface area contributed by atoms with Gasteiger partial charge in [-0.3, -0.25) is 19.2 Å². The molecule has 4 bridgehead atoms. The summed E-state index contributed by atoms with van der Waals surface area (Å²) in [6.45, 7) is 12.7. The van der Waals surface area contributed by atoms with Crippen molar-refractivity contribution in [2.75, 3.05) is 13.2 Å². The normalized spacial score (nSPS) is 38.1. The molecule has 4 fully saturated rings. The highest BCUT2D eigenvalue weighted by molar-refractivity contribution is 5.84. The second-order valence-corrected chi connectivity index (χ2v) is 11.5. The van der Waals surface area contributed by atoms with E-state index in [4.69, 9.17) is 19.7 Å². The molecule has 4 aliphatic rings. The largest absolute Gasteiger partial charge is 0.481 e. The van der Waals surface area contributed by atoms with Gasteiger partial charge >= 0.3 is 23.9 Å². The average Bonchev–Trinajstić information content (AvgIpc) is 3.37. The van der Waals surface area contributed by atoms with Gasteiger partial charge in [0, 0.05) is 0 Å². The number of carbonyl (C=O) groups is 4. The fourth-order valence-electron chi connectivity index (χ4n) is 8.08. The number of fused-ring (bicyclic) bond motifs is 4. The minimum absolute atomic E-state index is 0.0227. The van der Waals surface area contributed by atoms with Crippen molar-refractivity contribution < 1.29 is 38.9 Å². The molecule has 0 aliphatic heterocycles. The van der Waals surface area contributed by atoms with Gasteiger partial charge in [-0.25, -0.2) is 0 Å². The Morgan fingerprint density at radius 1 is 0.618 bits per heavy atom. The monoisotopic (exact) mass is 480 g/mol. The van der Waals surface area contributed by atoms with E-state index in [1.54, 1.807) is 13.8 Å². The minimum atomic E-state index is -0.942. The summed E-state index contributed by atoms with van der Waals surface area (Å²) in [4.78, 5) is 46.7. The van der Waals surface area contributed by atoms with E-state index < -0.39 is 23.8 Å². The smallest absolute Gasteiger partial charge is 0.310 e. The van der Waals surface area contributed by atoms with E-state index in [1.165, 1.54) is 0 Å². The van der Waals surface area contributed by atoms with E-state index in [-0.39, 0.29) is 58.3 Å². The standard InChI is InChI=1S/C15H24O4.C11H16O4/c1-5-18-13(16)11-9-7-8-10(15(9,3)4)12(11)14(17)19-6-2;1-11(2)5-3-4-6(11)8(10(14)15)7(5)9(12)13/h9-12H,5-8H2,1-4H3;5-8H,3-4H2,1-2H3,(H,12,13)(H,14,15). The van der Waals surface area contributed by atoms with Crippen LogP contribution in [0.1, 0.15) is 67.2 Å². The second kappa shape index (κ2) is 9.50. The van der Waals surface area contributed by atoms with Gasteiger partial charge in [-0.1, -0.05) is 27.7 Å². The summed E-state index contributed by atoms with van der Waals surface area (Å²) in [7, 11) is 0. The molecule has 0 heterocycles. The topological polar surface area (TPSA) is 127 Å². The Kier molecular flexibility index (Phi) is 7.40. The van der Waals surface area contributed by atoms with Crippen LogP contribution in [0.4, 0.5) is 0 Å². The molecule has 0 aromatic rings. The third-order valence-corrected chi connectivity index (χ3v) is 9.60. The summed E-state index contributed by atoms with van der Waals surface area (Å²) in [5.41, 5.74) is -0.110. The van der Waals surface area contributed by atoms with Crippen LogP contribution in [0.5, 0.6) is 0 Å². The molecular weight excluding hydrogens is 440 g/mol. The SMILES string of the molecule is CC1(C)C2CCC1C(C(=O)O)C2C(=O)O.CCOC(=O)C1C(C(=O)OCC)C2CCC1C2(C)C. The maximum atomic E-state index is 12.2. The van der Waals surface area contributed by atoms with Crippen molar-refractivity contribution in [3.8, 4) is 0 Å². The first-order chi connectivity index (χ1) is 15.8. The fraction of sp³-hybridized carbons (Fsp3) is 0.846. The Hall–Kier alpha value is -2.12. The Balaban J connectivity index is 0.000000196. The second-order valence-electron chi connectivity index (χ2n) is 11.5. The van der Waals surface area contributed by atoms with Gasteiger partial charge in [-0.05, 0) is 74.0 Å². The van der Waals surface area contributed by atoms with Crippen molar-refractivity contribution in [2.45, 2.75) is 67.2 Å². The van der Waals surface area contributed by atoms with Crippen LogP contribution < -0.4 is 0 Å². The third kappa shape index (κ3) is 4.11. The van der Waals surface area contributed by atoms with E-state index >= 15 is 0 Å². The molecule has 0 radical (unpaired) electrons. The summed E-state index contributed by atoms with van der Waals surface area (Å²) < 4.78 is 10.4. The molecular formula is C26H40O8. The number of rotatable bonds is 6. The average molecular weight is 481 g/mol. The first kappa shape index (κ1) is 26.5. The molecule has 4 rings (SSSR count). The lowest BCUT2D eigenvalue weighted by atomic mass is 9.79. The van der Waals surface area contributed by atoms with Gasteiger partial charge in [-0.2, -0.15) is 0 Å². The quantitative estimate of drug-likeness (QED) is 0.549. The minimum Gasteiger partial charge on any atom is -0.481 e. The molecule has 34 heavy (non-hydrogen) atoms. The summed E-state index contributed by atoms with van der Waals surface area (Å²) in [6, 6.07) is 0. The van der Waals surface area contributed by atoms with Crippen molar-refractivity contribution in [1.29, 1.82) is 0 Å². The number of carboxylic acids is 2. The molecule has 2 N–H and O–H groups in total. The van der Waals surface area contributed by atoms with Gasteiger partial charge in [0.15, 0.2) is 0 Å². The first-order valence-corrected chi connectivity index (χ1v) is 12.6. The van der Waals surface area contributed by atoms with E-state index in [2.05, 4.69) is 13.8 Å². The molecule has 0 spiro atoms. The predicted octanol–water partition coefficient (Wildman–Crippen LogP) is 3.87. The summed E-state index contributed by atoms with van der Waals surface area (Å²) in [5.74, 6) is -3.78. The number of ether oxygens (including phenoxy) is 2. The highest BCUT2D eigenvalue weighted by atomic mass is 16.5. The molecule has 0 amide bonds. The number of carboxylic acid groups (broad SMARTS) is 2. The van der Waals surface area contributed by atoms with Crippen LogP contribution in [0.15, 0.2) is 0 Å². The third-order valence-electron chi connectivity index (χ3n) is 9.60. The molecule has 8 atom stereocenters. The summed E-state index contributed by atoms with van der Waals surface area (Å²) in [6.07, 6.45) is 3.74. The van der Waals surface area contributed by atoms with E-state index in [0.717, 1.165) is 25.7 Å². The maximum Gasteiger partial charge on any atom is 0.310 e. The van der Waals surface area contributed by atoms with Crippen molar-refractivity contribution >= 4 is 23.9 Å². The van der Waals surface area contributed by atoms with Crippen LogP contribution in [0, 0.1) is 58.2 Å². The summed E-state index contributed by atoms with van der Waals surface area (Å²) in [5, 5.41) is 18.2. The number of hydrogen-bond donors (Lipinski definition) is 2. The predicted molar refractivity (Wildman–Crippen MR) is 122 cm³/mol.